The maximum absolute atomic E-state index is 12.6. The molecule has 3 aromatic rings. The fraction of sp³-hybridized carbons (Fsp3) is 0.474. The Hall–Kier alpha value is -2.70. The molecule has 0 bridgehead atoms. The van der Waals surface area contributed by atoms with Crippen molar-refractivity contribution in [3.63, 3.8) is 0 Å². The van der Waals surface area contributed by atoms with E-state index in [1.807, 2.05) is 16.7 Å². The Bertz CT molecular complexity index is 940. The third kappa shape index (κ3) is 3.21. The van der Waals surface area contributed by atoms with Crippen LogP contribution in [0.3, 0.4) is 0 Å². The van der Waals surface area contributed by atoms with E-state index >= 15 is 0 Å². The molecule has 136 valence electrons. The Kier molecular flexibility index (Phi) is 4.69. The predicted octanol–water partition coefficient (Wildman–Crippen LogP) is 3.72. The molecule has 3 heterocycles. The number of nitrogens with one attached hydrogen (secondary N) is 2. The largest absolute Gasteiger partial charge is 0.336 e. The molecule has 0 radical (unpaired) electrons. The van der Waals surface area contributed by atoms with E-state index in [1.54, 1.807) is 12.4 Å². The maximum atomic E-state index is 12.6. The van der Waals surface area contributed by atoms with Crippen LogP contribution in [-0.2, 0) is 6.54 Å². The number of hydrogen-bond acceptors (Lipinski definition) is 5. The lowest BCUT2D eigenvalue weighted by atomic mass is 9.89. The van der Waals surface area contributed by atoms with Gasteiger partial charge in [0, 0.05) is 18.7 Å². The number of aryl methyl sites for hydroxylation is 1. The molecule has 1 fully saturated rings. The normalized spacial score (nSPS) is 15.4. The first-order valence-corrected chi connectivity index (χ1v) is 9.43. The second-order valence-corrected chi connectivity index (χ2v) is 6.91. The summed E-state index contributed by atoms with van der Waals surface area (Å²) in [7, 11) is 0. The van der Waals surface area contributed by atoms with Crippen molar-refractivity contribution < 1.29 is 0 Å². The molecule has 4 rings (SSSR count). The van der Waals surface area contributed by atoms with Gasteiger partial charge < -0.3 is 10.3 Å². The van der Waals surface area contributed by atoms with Crippen LogP contribution >= 0.6 is 0 Å². The quantitative estimate of drug-likeness (QED) is 0.730. The van der Waals surface area contributed by atoms with Crippen LogP contribution < -0.4 is 10.9 Å². The van der Waals surface area contributed by atoms with E-state index in [9.17, 15) is 4.79 Å². The smallest absolute Gasteiger partial charge is 0.300 e. The number of rotatable bonds is 5. The van der Waals surface area contributed by atoms with Crippen molar-refractivity contribution in [2.24, 2.45) is 0 Å². The van der Waals surface area contributed by atoms with Gasteiger partial charge in [-0.15, -0.1) is 0 Å². The van der Waals surface area contributed by atoms with E-state index in [1.165, 1.54) is 19.3 Å². The van der Waals surface area contributed by atoms with Crippen molar-refractivity contribution in [1.82, 2.24) is 24.5 Å². The fourth-order valence-corrected chi connectivity index (χ4v) is 3.71. The molecular weight excluding hydrogens is 328 g/mol. The first-order chi connectivity index (χ1) is 12.8. The van der Waals surface area contributed by atoms with Crippen molar-refractivity contribution in [2.75, 3.05) is 5.32 Å². The fourth-order valence-electron chi connectivity index (χ4n) is 3.71. The van der Waals surface area contributed by atoms with E-state index in [-0.39, 0.29) is 5.56 Å². The molecule has 2 N–H and O–H groups in total. The molecule has 0 unspecified atom stereocenters. The first kappa shape index (κ1) is 16.8. The summed E-state index contributed by atoms with van der Waals surface area (Å²) in [6, 6.07) is 3.75. The van der Waals surface area contributed by atoms with Gasteiger partial charge in [0.25, 0.3) is 0 Å². The number of aromatic nitrogens is 5. The molecule has 1 saturated carbocycles. The van der Waals surface area contributed by atoms with Crippen molar-refractivity contribution in [2.45, 2.75) is 57.9 Å². The molecule has 1 aliphatic carbocycles. The number of H-pyrrole nitrogens is 1. The van der Waals surface area contributed by atoms with Crippen LogP contribution in [0, 0.1) is 0 Å². The minimum Gasteiger partial charge on any atom is -0.336 e. The molecule has 7 heteroatoms. The number of anilines is 2. The SMILES string of the molecule is CCCn1c(Nc2cccnc2)nc(=O)c2[nH]c(C3CCCCC3)nc21. The summed E-state index contributed by atoms with van der Waals surface area (Å²) < 4.78 is 1.99. The summed E-state index contributed by atoms with van der Waals surface area (Å²) in [5.74, 6) is 1.86. The van der Waals surface area contributed by atoms with Crippen LogP contribution in [0.2, 0.25) is 0 Å². The van der Waals surface area contributed by atoms with Gasteiger partial charge in [-0.2, -0.15) is 4.98 Å². The highest BCUT2D eigenvalue weighted by molar-refractivity contribution is 5.73. The molecule has 3 aromatic heterocycles. The summed E-state index contributed by atoms with van der Waals surface area (Å²) in [5.41, 5.74) is 1.73. The third-order valence-corrected chi connectivity index (χ3v) is 4.99. The van der Waals surface area contributed by atoms with E-state index in [0.717, 1.165) is 37.3 Å². The molecule has 0 spiro atoms. The number of imidazole rings is 1. The summed E-state index contributed by atoms with van der Waals surface area (Å²) in [5, 5.41) is 3.21. The zero-order chi connectivity index (χ0) is 17.9. The van der Waals surface area contributed by atoms with Crippen molar-refractivity contribution in [3.05, 3.63) is 40.7 Å². The standard InChI is InChI=1S/C19H24N6O/c1-2-11-25-17-15(22-16(23-17)13-7-4-3-5-8-13)18(26)24-19(25)21-14-9-6-10-20-12-14/h6,9-10,12-13H,2-5,7-8,11H2,1H3,(H,22,23)(H,21,24,26). The van der Waals surface area contributed by atoms with Crippen LogP contribution in [0.15, 0.2) is 29.3 Å². The topological polar surface area (TPSA) is 88.5 Å². The second-order valence-electron chi connectivity index (χ2n) is 6.91. The van der Waals surface area contributed by atoms with Gasteiger partial charge in [0.1, 0.15) is 5.82 Å². The lowest BCUT2D eigenvalue weighted by molar-refractivity contribution is 0.431. The average molecular weight is 352 g/mol. The van der Waals surface area contributed by atoms with Crippen molar-refractivity contribution >= 4 is 22.8 Å². The van der Waals surface area contributed by atoms with Crippen molar-refractivity contribution in [3.8, 4) is 0 Å². The van der Waals surface area contributed by atoms with Crippen LogP contribution in [0.1, 0.15) is 57.2 Å². The Morgan fingerprint density at radius 2 is 2.12 bits per heavy atom. The Morgan fingerprint density at radius 1 is 1.27 bits per heavy atom. The van der Waals surface area contributed by atoms with Crippen LogP contribution in [0.25, 0.3) is 11.2 Å². The molecule has 26 heavy (non-hydrogen) atoms. The summed E-state index contributed by atoms with van der Waals surface area (Å²) in [6.45, 7) is 2.84. The Labute approximate surface area is 151 Å². The van der Waals surface area contributed by atoms with Gasteiger partial charge in [0.2, 0.25) is 5.95 Å². The van der Waals surface area contributed by atoms with Crippen LogP contribution in [0.5, 0.6) is 0 Å². The van der Waals surface area contributed by atoms with Gasteiger partial charge in [0.15, 0.2) is 11.2 Å². The highest BCUT2D eigenvalue weighted by Gasteiger charge is 2.22. The van der Waals surface area contributed by atoms with E-state index in [4.69, 9.17) is 4.98 Å². The minimum atomic E-state index is -0.270. The van der Waals surface area contributed by atoms with E-state index < -0.39 is 0 Å². The van der Waals surface area contributed by atoms with Gasteiger partial charge in [-0.25, -0.2) is 4.98 Å². The summed E-state index contributed by atoms with van der Waals surface area (Å²) >= 11 is 0. The van der Waals surface area contributed by atoms with Gasteiger partial charge in [-0.3, -0.25) is 14.3 Å². The van der Waals surface area contributed by atoms with E-state index in [2.05, 4.69) is 27.2 Å². The highest BCUT2D eigenvalue weighted by atomic mass is 16.1. The van der Waals surface area contributed by atoms with Gasteiger partial charge >= 0.3 is 5.56 Å². The lowest BCUT2D eigenvalue weighted by Gasteiger charge is -2.18. The lowest BCUT2D eigenvalue weighted by Crippen LogP contribution is -2.18. The molecule has 0 amide bonds. The van der Waals surface area contributed by atoms with Gasteiger partial charge in [0.05, 0.1) is 11.9 Å². The Balaban J connectivity index is 1.79. The van der Waals surface area contributed by atoms with Crippen LogP contribution in [0.4, 0.5) is 11.6 Å². The third-order valence-electron chi connectivity index (χ3n) is 4.99. The molecule has 0 atom stereocenters. The molecule has 0 aliphatic heterocycles. The van der Waals surface area contributed by atoms with Gasteiger partial charge in [-0.1, -0.05) is 26.2 Å². The van der Waals surface area contributed by atoms with Gasteiger partial charge in [-0.05, 0) is 31.4 Å². The molecule has 0 saturated heterocycles. The van der Waals surface area contributed by atoms with Crippen LogP contribution in [-0.4, -0.2) is 24.5 Å². The average Bonchev–Trinajstić information content (AvgIpc) is 3.12. The number of fused-ring (bicyclic) bond motifs is 1. The zero-order valence-electron chi connectivity index (χ0n) is 15.0. The second kappa shape index (κ2) is 7.27. The summed E-state index contributed by atoms with van der Waals surface area (Å²) in [6.07, 6.45) is 10.4. The molecule has 0 aromatic carbocycles. The maximum Gasteiger partial charge on any atom is 0.300 e. The zero-order valence-corrected chi connectivity index (χ0v) is 15.0. The highest BCUT2D eigenvalue weighted by Crippen LogP contribution is 2.32. The number of aromatic amines is 1. The number of nitrogens with zero attached hydrogens (tertiary/aromatic N) is 4. The molecule has 7 nitrogen and oxygen atoms in total. The summed E-state index contributed by atoms with van der Waals surface area (Å²) in [4.78, 5) is 29.1. The monoisotopic (exact) mass is 352 g/mol. The predicted molar refractivity (Wildman–Crippen MR) is 102 cm³/mol. The molecule has 1 aliphatic rings. The molecular formula is C19H24N6O. The first-order valence-electron chi connectivity index (χ1n) is 9.43. The minimum absolute atomic E-state index is 0.270. The Morgan fingerprint density at radius 3 is 2.85 bits per heavy atom. The number of hydrogen-bond donors (Lipinski definition) is 2. The van der Waals surface area contributed by atoms with E-state index in [0.29, 0.717) is 23.0 Å². The van der Waals surface area contributed by atoms with Crippen molar-refractivity contribution in [1.29, 1.82) is 0 Å². The number of pyridine rings is 1.